The average Bonchev–Trinajstić information content (AvgIpc) is 2.34. The van der Waals surface area contributed by atoms with Crippen LogP contribution in [0.1, 0.15) is 15.9 Å². The Hall–Kier alpha value is -1.59. The van der Waals surface area contributed by atoms with Crippen LogP contribution in [-0.2, 0) is 4.74 Å². The van der Waals surface area contributed by atoms with Crippen LogP contribution in [0.4, 0.5) is 5.69 Å². The number of para-hydroxylation sites is 1. The first-order valence-corrected chi connectivity index (χ1v) is 6.31. The molecule has 0 aromatic heterocycles. The van der Waals surface area contributed by atoms with E-state index in [4.69, 9.17) is 9.84 Å². The fraction of sp³-hybridized carbons (Fsp3) is 0.500. The number of carboxylic acid groups (broad SMARTS) is 1. The number of anilines is 1. The molecule has 0 aliphatic rings. The fourth-order valence-electron chi connectivity index (χ4n) is 1.68. The van der Waals surface area contributed by atoms with E-state index in [1.807, 2.05) is 27.1 Å². The van der Waals surface area contributed by atoms with E-state index in [0.717, 1.165) is 12.1 Å². The van der Waals surface area contributed by atoms with Gasteiger partial charge in [0.25, 0.3) is 0 Å². The van der Waals surface area contributed by atoms with E-state index in [9.17, 15) is 4.79 Å². The van der Waals surface area contributed by atoms with Crippen molar-refractivity contribution in [1.82, 2.24) is 4.90 Å². The number of nitrogens with one attached hydrogen (secondary N) is 1. The normalized spacial score (nSPS) is 10.7. The summed E-state index contributed by atoms with van der Waals surface area (Å²) in [7, 11) is 3.99. The van der Waals surface area contributed by atoms with Crippen molar-refractivity contribution in [3.63, 3.8) is 0 Å². The minimum atomic E-state index is -0.917. The summed E-state index contributed by atoms with van der Waals surface area (Å²) in [5.41, 5.74) is 1.90. The van der Waals surface area contributed by atoms with E-state index in [0.29, 0.717) is 31.0 Å². The van der Waals surface area contributed by atoms with Gasteiger partial charge in [0.1, 0.15) is 0 Å². The molecule has 0 unspecified atom stereocenters. The molecule has 0 bridgehead atoms. The molecule has 0 radical (unpaired) electrons. The van der Waals surface area contributed by atoms with Gasteiger partial charge in [0.2, 0.25) is 0 Å². The van der Waals surface area contributed by atoms with Crippen LogP contribution in [0.25, 0.3) is 0 Å². The number of carbonyl (C=O) groups is 1. The fourth-order valence-corrected chi connectivity index (χ4v) is 1.68. The summed E-state index contributed by atoms with van der Waals surface area (Å²) in [6.45, 7) is 4.60. The maximum atomic E-state index is 11.1. The molecule has 19 heavy (non-hydrogen) atoms. The number of carboxylic acids is 1. The van der Waals surface area contributed by atoms with Crippen LogP contribution >= 0.6 is 0 Å². The van der Waals surface area contributed by atoms with Gasteiger partial charge in [0.05, 0.1) is 24.5 Å². The first kappa shape index (κ1) is 15.5. The average molecular weight is 266 g/mol. The Morgan fingerprint density at radius 2 is 2.11 bits per heavy atom. The van der Waals surface area contributed by atoms with Crippen LogP contribution in [0.15, 0.2) is 18.2 Å². The summed E-state index contributed by atoms with van der Waals surface area (Å²) in [5.74, 6) is -0.917. The molecule has 0 saturated carbocycles. The van der Waals surface area contributed by atoms with E-state index in [1.165, 1.54) is 0 Å². The lowest BCUT2D eigenvalue weighted by Gasteiger charge is -2.13. The summed E-state index contributed by atoms with van der Waals surface area (Å²) >= 11 is 0. The van der Waals surface area contributed by atoms with Gasteiger partial charge in [-0.15, -0.1) is 0 Å². The van der Waals surface area contributed by atoms with E-state index in [2.05, 4.69) is 10.2 Å². The van der Waals surface area contributed by atoms with Crippen molar-refractivity contribution in [3.05, 3.63) is 29.3 Å². The number of ether oxygens (including phenoxy) is 1. The number of aromatic carboxylic acids is 1. The number of likely N-dealkylation sites (N-methyl/N-ethyl adjacent to an activating group) is 1. The van der Waals surface area contributed by atoms with Crippen molar-refractivity contribution in [2.24, 2.45) is 0 Å². The number of hydrogen-bond acceptors (Lipinski definition) is 4. The Kier molecular flexibility index (Phi) is 6.32. The summed E-state index contributed by atoms with van der Waals surface area (Å²) in [5, 5.41) is 12.2. The largest absolute Gasteiger partial charge is 0.478 e. The van der Waals surface area contributed by atoms with Crippen molar-refractivity contribution < 1.29 is 14.6 Å². The van der Waals surface area contributed by atoms with Gasteiger partial charge in [-0.25, -0.2) is 4.79 Å². The topological polar surface area (TPSA) is 61.8 Å². The lowest BCUT2D eigenvalue weighted by molar-refractivity contribution is 0.0697. The van der Waals surface area contributed by atoms with Gasteiger partial charge in [-0.1, -0.05) is 12.1 Å². The zero-order chi connectivity index (χ0) is 14.3. The number of benzene rings is 1. The van der Waals surface area contributed by atoms with Crippen LogP contribution in [0.3, 0.4) is 0 Å². The quantitative estimate of drug-likeness (QED) is 0.701. The number of aryl methyl sites for hydroxylation is 1. The molecule has 0 saturated heterocycles. The van der Waals surface area contributed by atoms with E-state index in [-0.39, 0.29) is 0 Å². The first-order chi connectivity index (χ1) is 9.02. The maximum absolute atomic E-state index is 11.1. The highest BCUT2D eigenvalue weighted by molar-refractivity contribution is 5.95. The predicted molar refractivity (Wildman–Crippen MR) is 76.0 cm³/mol. The Bertz CT molecular complexity index is 419. The van der Waals surface area contributed by atoms with Gasteiger partial charge in [-0.3, -0.25) is 0 Å². The lowest BCUT2D eigenvalue weighted by atomic mass is 10.1. The summed E-state index contributed by atoms with van der Waals surface area (Å²) in [6.07, 6.45) is 0. The van der Waals surface area contributed by atoms with Gasteiger partial charge in [-0.2, -0.15) is 0 Å². The minimum Gasteiger partial charge on any atom is -0.478 e. The van der Waals surface area contributed by atoms with Crippen LogP contribution < -0.4 is 5.32 Å². The Morgan fingerprint density at radius 1 is 1.37 bits per heavy atom. The molecule has 5 nitrogen and oxygen atoms in total. The van der Waals surface area contributed by atoms with Gasteiger partial charge in [0, 0.05) is 13.1 Å². The van der Waals surface area contributed by atoms with Crippen molar-refractivity contribution >= 4 is 11.7 Å². The van der Waals surface area contributed by atoms with Crippen LogP contribution in [0.2, 0.25) is 0 Å². The monoisotopic (exact) mass is 266 g/mol. The second kappa shape index (κ2) is 7.76. The van der Waals surface area contributed by atoms with Crippen LogP contribution in [-0.4, -0.2) is 56.4 Å². The highest BCUT2D eigenvalue weighted by Crippen LogP contribution is 2.20. The predicted octanol–water partition coefficient (Wildman–Crippen LogP) is 1.68. The first-order valence-electron chi connectivity index (χ1n) is 6.31. The van der Waals surface area contributed by atoms with Gasteiger partial charge >= 0.3 is 5.97 Å². The molecule has 2 N–H and O–H groups in total. The molecule has 106 valence electrons. The van der Waals surface area contributed by atoms with E-state index >= 15 is 0 Å². The molecule has 0 amide bonds. The van der Waals surface area contributed by atoms with Gasteiger partial charge in [-0.05, 0) is 32.6 Å². The highest BCUT2D eigenvalue weighted by atomic mass is 16.5. The van der Waals surface area contributed by atoms with Crippen molar-refractivity contribution in [3.8, 4) is 0 Å². The molecule has 5 heteroatoms. The number of hydrogen-bond donors (Lipinski definition) is 2. The molecule has 1 aromatic rings. The van der Waals surface area contributed by atoms with Gasteiger partial charge in [0.15, 0.2) is 0 Å². The standard InChI is InChI=1S/C14H22N2O3/c1-11-5-4-6-12(14(17)18)13(11)15-7-9-19-10-8-16(2)3/h4-6,15H,7-10H2,1-3H3,(H,17,18). The number of rotatable bonds is 8. The molecule has 0 heterocycles. The zero-order valence-electron chi connectivity index (χ0n) is 11.8. The summed E-state index contributed by atoms with van der Waals surface area (Å²) < 4.78 is 5.45. The molecule has 0 aliphatic carbocycles. The molecule has 0 spiro atoms. The molecule has 0 fully saturated rings. The zero-order valence-corrected chi connectivity index (χ0v) is 11.8. The SMILES string of the molecule is Cc1cccc(C(=O)O)c1NCCOCCN(C)C. The van der Waals surface area contributed by atoms with Crippen molar-refractivity contribution in [2.75, 3.05) is 45.7 Å². The molecule has 1 aromatic carbocycles. The Balaban J connectivity index is 2.43. The Morgan fingerprint density at radius 3 is 2.74 bits per heavy atom. The molecular formula is C14H22N2O3. The van der Waals surface area contributed by atoms with E-state index < -0.39 is 5.97 Å². The van der Waals surface area contributed by atoms with Crippen LogP contribution in [0.5, 0.6) is 0 Å². The lowest BCUT2D eigenvalue weighted by Crippen LogP contribution is -2.20. The molecule has 0 aliphatic heterocycles. The number of nitrogens with zero attached hydrogens (tertiary/aromatic N) is 1. The smallest absolute Gasteiger partial charge is 0.337 e. The maximum Gasteiger partial charge on any atom is 0.337 e. The van der Waals surface area contributed by atoms with Crippen molar-refractivity contribution in [1.29, 1.82) is 0 Å². The second-order valence-electron chi connectivity index (χ2n) is 4.65. The third kappa shape index (κ3) is 5.28. The summed E-state index contributed by atoms with van der Waals surface area (Å²) in [4.78, 5) is 13.2. The highest BCUT2D eigenvalue weighted by Gasteiger charge is 2.10. The Labute approximate surface area is 114 Å². The van der Waals surface area contributed by atoms with E-state index in [1.54, 1.807) is 12.1 Å². The second-order valence-corrected chi connectivity index (χ2v) is 4.65. The van der Waals surface area contributed by atoms with Crippen LogP contribution in [0, 0.1) is 6.92 Å². The third-order valence-electron chi connectivity index (χ3n) is 2.73. The third-order valence-corrected chi connectivity index (χ3v) is 2.73. The van der Waals surface area contributed by atoms with Gasteiger partial charge < -0.3 is 20.1 Å². The molecule has 0 atom stereocenters. The minimum absolute atomic E-state index is 0.299. The van der Waals surface area contributed by atoms with Crippen molar-refractivity contribution in [2.45, 2.75) is 6.92 Å². The summed E-state index contributed by atoms with van der Waals surface area (Å²) in [6, 6.07) is 5.24. The molecule has 1 rings (SSSR count). The molecular weight excluding hydrogens is 244 g/mol.